The molecule has 58 heavy (non-hydrogen) atoms. The van der Waals surface area contributed by atoms with E-state index in [1.807, 2.05) is 0 Å². The van der Waals surface area contributed by atoms with Crippen molar-refractivity contribution in [2.45, 2.75) is 43.4 Å². The molecule has 0 heterocycles. The Bertz CT molecular complexity index is 2880. The first-order valence-corrected chi connectivity index (χ1v) is 21.0. The second-order valence-corrected chi connectivity index (χ2v) is 16.3. The number of benzene rings is 9. The minimum atomic E-state index is -0.505. The van der Waals surface area contributed by atoms with Crippen LogP contribution in [0.5, 0.6) is 0 Å². The molecule has 0 unspecified atom stereocenters. The molecule has 0 aromatic heterocycles. The molecule has 2 aliphatic rings. The van der Waals surface area contributed by atoms with Gasteiger partial charge in [-0.15, -0.1) is 0 Å². The maximum atomic E-state index is 2.54. The van der Waals surface area contributed by atoms with E-state index in [-0.39, 0.29) is 0 Å². The van der Waals surface area contributed by atoms with E-state index in [1.165, 1.54) is 104 Å². The number of hydrogen-bond donors (Lipinski definition) is 0. The van der Waals surface area contributed by atoms with E-state index in [1.54, 1.807) is 0 Å². The van der Waals surface area contributed by atoms with Crippen molar-refractivity contribution in [2.24, 2.45) is 0 Å². The molecule has 2 aliphatic carbocycles. The fourth-order valence-corrected chi connectivity index (χ4v) is 10.5. The van der Waals surface area contributed by atoms with Crippen molar-refractivity contribution in [1.82, 2.24) is 0 Å². The molecule has 9 aromatic carbocycles. The highest BCUT2D eigenvalue weighted by Gasteiger charge is 2.47. The highest BCUT2D eigenvalue weighted by molar-refractivity contribution is 6.00. The summed E-state index contributed by atoms with van der Waals surface area (Å²) in [5.74, 6) is 0.568. The van der Waals surface area contributed by atoms with Crippen molar-refractivity contribution in [2.75, 3.05) is 4.90 Å². The summed E-state index contributed by atoms with van der Waals surface area (Å²) in [5.41, 5.74) is 15.0. The van der Waals surface area contributed by atoms with Gasteiger partial charge in [-0.1, -0.05) is 189 Å². The molecule has 9 aromatic rings. The summed E-state index contributed by atoms with van der Waals surface area (Å²) < 4.78 is 0. The van der Waals surface area contributed by atoms with Crippen LogP contribution < -0.4 is 4.90 Å². The molecular weight excluding hydrogens is 699 g/mol. The molecule has 0 radical (unpaired) electrons. The standard InChI is InChI=1S/C57H45N/c1-5-19-41(20-6-1)50-30-17-31-53-56(50)51-35-34-49(39-54(51)57(53,46-26-9-3-10-27-46)47-28-11-4-12-29-47)58(48-33-32-40-18-13-14-23-43(40)36-48)55-38-45-25-16-15-24-44(45)37-52(55)42-21-7-2-8-22-42/h2-4,7-18,21-39,41H,1,5-6,19-20H2. The molecule has 1 saturated carbocycles. The Balaban J connectivity index is 1.24. The molecule has 0 amide bonds. The Morgan fingerprint density at radius 3 is 1.66 bits per heavy atom. The lowest BCUT2D eigenvalue weighted by Crippen LogP contribution is -2.29. The molecule has 0 aliphatic heterocycles. The maximum Gasteiger partial charge on any atom is 0.0714 e. The summed E-state index contributed by atoms with van der Waals surface area (Å²) in [7, 11) is 0. The van der Waals surface area contributed by atoms with Gasteiger partial charge < -0.3 is 4.90 Å². The molecule has 0 saturated heterocycles. The Kier molecular flexibility index (Phi) is 8.55. The van der Waals surface area contributed by atoms with Crippen molar-refractivity contribution in [3.8, 4) is 22.3 Å². The second-order valence-electron chi connectivity index (χ2n) is 16.3. The first-order valence-electron chi connectivity index (χ1n) is 21.0. The summed E-state index contributed by atoms with van der Waals surface area (Å²) >= 11 is 0. The largest absolute Gasteiger partial charge is 0.310 e. The summed E-state index contributed by atoms with van der Waals surface area (Å²) in [4.78, 5) is 2.52. The van der Waals surface area contributed by atoms with E-state index in [4.69, 9.17) is 0 Å². The van der Waals surface area contributed by atoms with Gasteiger partial charge in [0.1, 0.15) is 0 Å². The van der Waals surface area contributed by atoms with E-state index >= 15 is 0 Å². The van der Waals surface area contributed by atoms with Gasteiger partial charge in [-0.25, -0.2) is 0 Å². The Hall–Kier alpha value is -6.70. The third-order valence-electron chi connectivity index (χ3n) is 13.1. The van der Waals surface area contributed by atoms with Crippen LogP contribution in [0.25, 0.3) is 43.8 Å². The van der Waals surface area contributed by atoms with Crippen LogP contribution in [0.3, 0.4) is 0 Å². The summed E-state index contributed by atoms with van der Waals surface area (Å²) in [5, 5.41) is 4.91. The zero-order valence-electron chi connectivity index (χ0n) is 32.7. The van der Waals surface area contributed by atoms with Crippen molar-refractivity contribution in [3.63, 3.8) is 0 Å². The van der Waals surface area contributed by atoms with Crippen LogP contribution in [0, 0.1) is 0 Å². The van der Waals surface area contributed by atoms with E-state index in [0.717, 1.165) is 17.1 Å². The molecule has 0 N–H and O–H groups in total. The SMILES string of the molecule is c1ccc(-c2cc3ccccc3cc2N(c2ccc3c(c2)C(c2ccccc2)(c2ccccc2)c2cccc(C4CCCCC4)c2-3)c2ccc3ccccc3c2)cc1. The lowest BCUT2D eigenvalue weighted by Gasteiger charge is -2.35. The number of anilines is 3. The highest BCUT2D eigenvalue weighted by Crippen LogP contribution is 2.59. The van der Waals surface area contributed by atoms with Gasteiger partial charge in [0, 0.05) is 16.9 Å². The van der Waals surface area contributed by atoms with Gasteiger partial charge in [-0.3, -0.25) is 0 Å². The average molecular weight is 744 g/mol. The molecule has 0 spiro atoms. The summed E-state index contributed by atoms with van der Waals surface area (Å²) in [6.07, 6.45) is 6.46. The van der Waals surface area contributed by atoms with Crippen LogP contribution in [0.15, 0.2) is 206 Å². The molecule has 0 atom stereocenters. The van der Waals surface area contributed by atoms with Gasteiger partial charge in [0.15, 0.2) is 0 Å². The Morgan fingerprint density at radius 2 is 0.966 bits per heavy atom. The summed E-state index contributed by atoms with van der Waals surface area (Å²) in [6, 6.07) is 77.3. The van der Waals surface area contributed by atoms with E-state index in [9.17, 15) is 0 Å². The van der Waals surface area contributed by atoms with Gasteiger partial charge in [-0.2, -0.15) is 0 Å². The predicted molar refractivity (Wildman–Crippen MR) is 245 cm³/mol. The van der Waals surface area contributed by atoms with Crippen molar-refractivity contribution in [1.29, 1.82) is 0 Å². The zero-order chi connectivity index (χ0) is 38.5. The van der Waals surface area contributed by atoms with E-state index < -0.39 is 5.41 Å². The first-order chi connectivity index (χ1) is 28.8. The monoisotopic (exact) mass is 743 g/mol. The summed E-state index contributed by atoms with van der Waals surface area (Å²) in [6.45, 7) is 0. The van der Waals surface area contributed by atoms with Gasteiger partial charge in [-0.05, 0) is 121 Å². The Labute approximate surface area is 341 Å². The Morgan fingerprint density at radius 1 is 0.397 bits per heavy atom. The lowest BCUT2D eigenvalue weighted by molar-refractivity contribution is 0.444. The molecule has 11 rings (SSSR count). The predicted octanol–water partition coefficient (Wildman–Crippen LogP) is 15.5. The zero-order valence-corrected chi connectivity index (χ0v) is 32.7. The van der Waals surface area contributed by atoms with E-state index in [0.29, 0.717) is 5.92 Å². The average Bonchev–Trinajstić information content (AvgIpc) is 3.60. The van der Waals surface area contributed by atoms with Gasteiger partial charge >= 0.3 is 0 Å². The number of rotatable bonds is 7. The molecule has 1 fully saturated rings. The number of hydrogen-bond acceptors (Lipinski definition) is 1. The number of fused-ring (bicyclic) bond motifs is 5. The molecule has 1 heteroatoms. The van der Waals surface area contributed by atoms with Gasteiger partial charge in [0.25, 0.3) is 0 Å². The van der Waals surface area contributed by atoms with Crippen LogP contribution in [-0.2, 0) is 5.41 Å². The van der Waals surface area contributed by atoms with Gasteiger partial charge in [0.2, 0.25) is 0 Å². The van der Waals surface area contributed by atoms with Crippen LogP contribution in [0.4, 0.5) is 17.1 Å². The third-order valence-corrected chi connectivity index (χ3v) is 13.1. The van der Waals surface area contributed by atoms with Crippen LogP contribution in [-0.4, -0.2) is 0 Å². The normalized spacial score (nSPS) is 14.6. The third kappa shape index (κ3) is 5.60. The fraction of sp³-hybridized carbons (Fsp3) is 0.123. The van der Waals surface area contributed by atoms with Crippen molar-refractivity contribution < 1.29 is 0 Å². The molecule has 1 nitrogen and oxygen atoms in total. The second kappa shape index (κ2) is 14.4. The molecule has 278 valence electrons. The van der Waals surface area contributed by atoms with Crippen LogP contribution in [0.1, 0.15) is 65.8 Å². The minimum Gasteiger partial charge on any atom is -0.310 e. The van der Waals surface area contributed by atoms with Gasteiger partial charge in [0.05, 0.1) is 11.1 Å². The first kappa shape index (κ1) is 34.5. The van der Waals surface area contributed by atoms with Crippen molar-refractivity contribution >= 4 is 38.6 Å². The minimum absolute atomic E-state index is 0.505. The quantitative estimate of drug-likeness (QED) is 0.157. The van der Waals surface area contributed by atoms with Crippen molar-refractivity contribution in [3.05, 3.63) is 234 Å². The van der Waals surface area contributed by atoms with Crippen LogP contribution in [0.2, 0.25) is 0 Å². The molecule has 0 bridgehead atoms. The maximum absolute atomic E-state index is 2.54. The number of nitrogens with zero attached hydrogens (tertiary/aromatic N) is 1. The van der Waals surface area contributed by atoms with E-state index in [2.05, 4.69) is 211 Å². The van der Waals surface area contributed by atoms with Crippen LogP contribution >= 0.6 is 0 Å². The topological polar surface area (TPSA) is 3.24 Å². The smallest absolute Gasteiger partial charge is 0.0714 e. The lowest BCUT2D eigenvalue weighted by atomic mass is 9.67. The highest BCUT2D eigenvalue weighted by atomic mass is 15.1. The fourth-order valence-electron chi connectivity index (χ4n) is 10.5. The molecular formula is C57H45N.